The van der Waals surface area contributed by atoms with Gasteiger partial charge in [-0.15, -0.1) is 0 Å². The zero-order valence-corrected chi connectivity index (χ0v) is 14.5. The molecule has 3 aromatic rings. The van der Waals surface area contributed by atoms with E-state index in [-0.39, 0.29) is 0 Å². The summed E-state index contributed by atoms with van der Waals surface area (Å²) in [4.78, 5) is 10.6. The minimum Gasteiger partial charge on any atom is -0.497 e. The smallest absolute Gasteiger partial charge is 0.211 e. The minimum absolute atomic E-state index is 0.555. The number of aryl methyl sites for hydroxylation is 1. The van der Waals surface area contributed by atoms with Crippen molar-refractivity contribution in [2.24, 2.45) is 0 Å². The second-order valence-electron chi connectivity index (χ2n) is 5.56. The molecule has 0 radical (unpaired) electrons. The fraction of sp³-hybridized carbons (Fsp3) is 0.143. The number of methoxy groups -OCH3 is 1. The number of hydrogen-bond donors (Lipinski definition) is 1. The van der Waals surface area contributed by atoms with E-state index in [1.54, 1.807) is 19.2 Å². The van der Waals surface area contributed by atoms with Gasteiger partial charge >= 0.3 is 0 Å². The third-order valence-corrected chi connectivity index (χ3v) is 4.11. The van der Waals surface area contributed by atoms with Crippen LogP contribution in [0.1, 0.15) is 23.7 Å². The number of hydrogen-bond acceptors (Lipinski definition) is 3. The van der Waals surface area contributed by atoms with Crippen LogP contribution in [0, 0.1) is 23.2 Å². The molecule has 0 aliphatic carbocycles. The number of ether oxygens (including phenoxy) is 1. The number of rotatable bonds is 4. The van der Waals surface area contributed by atoms with Gasteiger partial charge in [-0.3, -0.25) is 4.79 Å². The molecule has 1 aromatic heterocycles. The van der Waals surface area contributed by atoms with Crippen LogP contribution in [0.5, 0.6) is 5.75 Å². The van der Waals surface area contributed by atoms with E-state index in [2.05, 4.69) is 23.2 Å². The average molecular weight is 343 g/mol. The van der Waals surface area contributed by atoms with E-state index in [0.29, 0.717) is 29.9 Å². The van der Waals surface area contributed by atoms with Gasteiger partial charge in [0.1, 0.15) is 17.5 Å². The molecule has 5 heteroatoms. The molecule has 0 saturated carbocycles. The number of fused-ring (bicyclic) bond motifs is 1. The van der Waals surface area contributed by atoms with Gasteiger partial charge < -0.3 is 14.6 Å². The lowest BCUT2D eigenvalue weighted by Crippen LogP contribution is -1.98. The summed E-state index contributed by atoms with van der Waals surface area (Å²) in [6, 6.07) is 15.2. The number of benzene rings is 2. The van der Waals surface area contributed by atoms with Gasteiger partial charge in [0.2, 0.25) is 6.41 Å². The third-order valence-electron chi connectivity index (χ3n) is 4.11. The number of nitrogens with zero attached hydrogens (tertiary/aromatic N) is 2. The van der Waals surface area contributed by atoms with E-state index < -0.39 is 0 Å². The van der Waals surface area contributed by atoms with E-state index >= 15 is 0 Å². The fourth-order valence-corrected chi connectivity index (χ4v) is 2.91. The quantitative estimate of drug-likeness (QED) is 0.582. The monoisotopic (exact) mass is 343 g/mol. The Kier molecular flexibility index (Phi) is 4.92. The highest BCUT2D eigenvalue weighted by Gasteiger charge is 2.15. The normalized spacial score (nSPS) is 9.88. The first kappa shape index (κ1) is 17.1. The van der Waals surface area contributed by atoms with Gasteiger partial charge in [-0.1, -0.05) is 12.0 Å². The standard InChI is InChI=1S/C21H17N3O2/c1-3-24-20(10-7-15-5-4-6-16(11-15)23-14-25)19(13-22)18-9-8-17(26-2)12-21(18)24/h4-6,8-9,11-12,14H,3H2,1-2H3,(H,23,25). The molecule has 0 bridgehead atoms. The first-order chi connectivity index (χ1) is 12.7. The predicted molar refractivity (Wildman–Crippen MR) is 101 cm³/mol. The molecule has 5 nitrogen and oxygen atoms in total. The lowest BCUT2D eigenvalue weighted by atomic mass is 10.1. The van der Waals surface area contributed by atoms with Crippen molar-refractivity contribution in [3.63, 3.8) is 0 Å². The van der Waals surface area contributed by atoms with Crippen LogP contribution in [-0.2, 0) is 11.3 Å². The summed E-state index contributed by atoms with van der Waals surface area (Å²) < 4.78 is 7.31. The number of anilines is 1. The summed E-state index contributed by atoms with van der Waals surface area (Å²) in [7, 11) is 1.62. The van der Waals surface area contributed by atoms with E-state index in [1.165, 1.54) is 0 Å². The van der Waals surface area contributed by atoms with Gasteiger partial charge in [0, 0.05) is 29.2 Å². The van der Waals surface area contributed by atoms with Gasteiger partial charge in [0.05, 0.1) is 18.2 Å². The van der Waals surface area contributed by atoms with Gasteiger partial charge in [0.25, 0.3) is 0 Å². The summed E-state index contributed by atoms with van der Waals surface area (Å²) in [6.07, 6.45) is 0.628. The predicted octanol–water partition coefficient (Wildman–Crippen LogP) is 3.51. The Morgan fingerprint density at radius 2 is 2.08 bits per heavy atom. The maximum atomic E-state index is 10.6. The fourth-order valence-electron chi connectivity index (χ4n) is 2.91. The van der Waals surface area contributed by atoms with Crippen LogP contribution >= 0.6 is 0 Å². The zero-order valence-electron chi connectivity index (χ0n) is 14.5. The molecule has 1 N–H and O–H groups in total. The number of nitrogens with one attached hydrogen (secondary N) is 1. The molecule has 0 aliphatic heterocycles. The number of amides is 1. The van der Waals surface area contributed by atoms with E-state index in [4.69, 9.17) is 4.74 Å². The Hall–Kier alpha value is -3.70. The van der Waals surface area contributed by atoms with Gasteiger partial charge in [0.15, 0.2) is 0 Å². The highest BCUT2D eigenvalue weighted by molar-refractivity contribution is 5.90. The van der Waals surface area contributed by atoms with E-state index in [1.807, 2.05) is 41.8 Å². The van der Waals surface area contributed by atoms with Crippen molar-refractivity contribution in [3.05, 3.63) is 59.3 Å². The van der Waals surface area contributed by atoms with Gasteiger partial charge in [-0.05, 0) is 43.2 Å². The Balaban J connectivity index is 2.15. The Morgan fingerprint density at radius 3 is 2.77 bits per heavy atom. The second-order valence-corrected chi connectivity index (χ2v) is 5.56. The van der Waals surface area contributed by atoms with Crippen molar-refractivity contribution >= 4 is 23.0 Å². The first-order valence-electron chi connectivity index (χ1n) is 8.14. The zero-order chi connectivity index (χ0) is 18.5. The van der Waals surface area contributed by atoms with Gasteiger partial charge in [-0.25, -0.2) is 0 Å². The summed E-state index contributed by atoms with van der Waals surface area (Å²) >= 11 is 0. The Bertz CT molecular complexity index is 1080. The van der Waals surface area contributed by atoms with Crippen LogP contribution in [0.15, 0.2) is 42.5 Å². The van der Waals surface area contributed by atoms with Crippen LogP contribution in [-0.4, -0.2) is 18.1 Å². The van der Waals surface area contributed by atoms with Crippen molar-refractivity contribution in [2.45, 2.75) is 13.5 Å². The number of carbonyl (C=O) groups excluding carboxylic acids is 1. The van der Waals surface area contributed by atoms with Crippen LogP contribution < -0.4 is 10.1 Å². The SMILES string of the molecule is CCn1c(C#Cc2cccc(NC=O)c2)c(C#N)c2ccc(OC)cc21. The minimum atomic E-state index is 0.555. The second kappa shape index (κ2) is 7.46. The van der Waals surface area contributed by atoms with Crippen LogP contribution in [0.2, 0.25) is 0 Å². The maximum Gasteiger partial charge on any atom is 0.211 e. The van der Waals surface area contributed by atoms with Crippen molar-refractivity contribution < 1.29 is 9.53 Å². The molecule has 0 fully saturated rings. The summed E-state index contributed by atoms with van der Waals surface area (Å²) in [5, 5.41) is 13.1. The number of aromatic nitrogens is 1. The highest BCUT2D eigenvalue weighted by atomic mass is 16.5. The van der Waals surface area contributed by atoms with Crippen molar-refractivity contribution in [3.8, 4) is 23.7 Å². The van der Waals surface area contributed by atoms with Crippen LogP contribution in [0.25, 0.3) is 10.9 Å². The molecule has 0 spiro atoms. The van der Waals surface area contributed by atoms with E-state index in [9.17, 15) is 10.1 Å². The van der Waals surface area contributed by atoms with Gasteiger partial charge in [-0.2, -0.15) is 5.26 Å². The Morgan fingerprint density at radius 1 is 1.23 bits per heavy atom. The van der Waals surface area contributed by atoms with Crippen molar-refractivity contribution in [2.75, 3.05) is 12.4 Å². The molecule has 0 aliphatic rings. The largest absolute Gasteiger partial charge is 0.497 e. The van der Waals surface area contributed by atoms with Crippen LogP contribution in [0.4, 0.5) is 5.69 Å². The molecular formula is C21H17N3O2. The number of carbonyl (C=O) groups is 1. The average Bonchev–Trinajstić information content (AvgIpc) is 2.98. The molecule has 2 aromatic carbocycles. The molecule has 128 valence electrons. The first-order valence-corrected chi connectivity index (χ1v) is 8.14. The molecule has 0 unspecified atom stereocenters. The topological polar surface area (TPSA) is 67.0 Å². The summed E-state index contributed by atoms with van der Waals surface area (Å²) in [5.74, 6) is 6.96. The molecule has 26 heavy (non-hydrogen) atoms. The van der Waals surface area contributed by atoms with Crippen molar-refractivity contribution in [1.82, 2.24) is 4.57 Å². The van der Waals surface area contributed by atoms with E-state index in [0.717, 1.165) is 22.2 Å². The van der Waals surface area contributed by atoms with Crippen molar-refractivity contribution in [1.29, 1.82) is 5.26 Å². The van der Waals surface area contributed by atoms with Crippen LogP contribution in [0.3, 0.4) is 0 Å². The maximum absolute atomic E-state index is 10.6. The third kappa shape index (κ3) is 3.11. The molecule has 3 rings (SSSR count). The lowest BCUT2D eigenvalue weighted by Gasteiger charge is -2.04. The molecular weight excluding hydrogens is 326 g/mol. The summed E-state index contributed by atoms with van der Waals surface area (Å²) in [6.45, 7) is 2.70. The Labute approximate surface area is 151 Å². The molecule has 1 heterocycles. The molecule has 1 amide bonds. The lowest BCUT2D eigenvalue weighted by molar-refractivity contribution is -0.105. The highest BCUT2D eigenvalue weighted by Crippen LogP contribution is 2.28. The molecule has 0 atom stereocenters. The summed E-state index contributed by atoms with van der Waals surface area (Å²) in [5.41, 5.74) is 3.58. The number of nitriles is 1. The molecule has 0 saturated heterocycles.